The largest absolute Gasteiger partial charge is 0.396 e. The quantitative estimate of drug-likeness (QED) is 0.806. The van der Waals surface area contributed by atoms with Crippen LogP contribution >= 0.6 is 23.2 Å². The third-order valence-electron chi connectivity index (χ3n) is 2.62. The fraction of sp³-hybridized carbons (Fsp3) is 0.500. The van der Waals surface area contributed by atoms with E-state index in [1.165, 1.54) is 26.0 Å². The fourth-order valence-electron chi connectivity index (χ4n) is 1.69. The number of hydrogen-bond acceptors (Lipinski definition) is 4. The Morgan fingerprint density at radius 1 is 1.35 bits per heavy atom. The number of rotatable bonds is 5. The number of halogens is 2. The molecule has 0 atom stereocenters. The van der Waals surface area contributed by atoms with Crippen LogP contribution in [0.15, 0.2) is 17.0 Å². The molecule has 0 spiro atoms. The standard InChI is InChI=1S/C12H18Cl2N2O3S/c1-4-16(7-12(2,3)17)20(18,19)9-6-5-8(13)11(15)10(9)14/h5-6,17H,4,7,15H2,1-3H3. The van der Waals surface area contributed by atoms with E-state index in [0.29, 0.717) is 0 Å². The van der Waals surface area contributed by atoms with Crippen molar-refractivity contribution in [3.63, 3.8) is 0 Å². The van der Waals surface area contributed by atoms with Crippen LogP contribution in [0.1, 0.15) is 20.8 Å². The Hall–Kier alpha value is -0.530. The van der Waals surface area contributed by atoms with Gasteiger partial charge in [0.1, 0.15) is 4.90 Å². The molecule has 0 unspecified atom stereocenters. The van der Waals surface area contributed by atoms with E-state index in [2.05, 4.69) is 0 Å². The van der Waals surface area contributed by atoms with E-state index in [0.717, 1.165) is 4.31 Å². The van der Waals surface area contributed by atoms with Crippen LogP contribution in [0.4, 0.5) is 5.69 Å². The molecular formula is C12H18Cl2N2O3S. The average molecular weight is 341 g/mol. The number of nitrogens with two attached hydrogens (primary N) is 1. The Kier molecular flexibility index (Phi) is 5.32. The van der Waals surface area contributed by atoms with Crippen molar-refractivity contribution in [3.8, 4) is 0 Å². The van der Waals surface area contributed by atoms with Crippen molar-refractivity contribution in [2.45, 2.75) is 31.3 Å². The molecule has 0 aromatic heterocycles. The number of hydrogen-bond donors (Lipinski definition) is 2. The molecule has 8 heteroatoms. The monoisotopic (exact) mass is 340 g/mol. The minimum atomic E-state index is -3.85. The van der Waals surface area contributed by atoms with Crippen molar-refractivity contribution in [1.29, 1.82) is 0 Å². The maximum Gasteiger partial charge on any atom is 0.244 e. The Morgan fingerprint density at radius 2 is 1.90 bits per heavy atom. The van der Waals surface area contributed by atoms with Gasteiger partial charge in [-0.3, -0.25) is 0 Å². The van der Waals surface area contributed by atoms with E-state index in [4.69, 9.17) is 28.9 Å². The van der Waals surface area contributed by atoms with Crippen LogP contribution in [0.3, 0.4) is 0 Å². The Balaban J connectivity index is 3.32. The molecule has 1 aromatic carbocycles. The molecule has 0 saturated heterocycles. The summed E-state index contributed by atoms with van der Waals surface area (Å²) in [6.07, 6.45) is 0. The number of aliphatic hydroxyl groups is 1. The van der Waals surface area contributed by atoms with E-state index in [-0.39, 0.29) is 33.7 Å². The summed E-state index contributed by atoms with van der Waals surface area (Å²) in [6.45, 7) is 4.89. The van der Waals surface area contributed by atoms with Gasteiger partial charge < -0.3 is 10.8 Å². The lowest BCUT2D eigenvalue weighted by atomic mass is 10.1. The lowest BCUT2D eigenvalue weighted by molar-refractivity contribution is 0.0601. The van der Waals surface area contributed by atoms with Gasteiger partial charge in [-0.2, -0.15) is 4.31 Å². The van der Waals surface area contributed by atoms with E-state index >= 15 is 0 Å². The van der Waals surface area contributed by atoms with Gasteiger partial charge in [-0.05, 0) is 26.0 Å². The molecule has 0 bridgehead atoms. The Morgan fingerprint density at radius 3 is 2.35 bits per heavy atom. The molecule has 0 aliphatic rings. The minimum absolute atomic E-state index is 0.0220. The normalized spacial score (nSPS) is 12.9. The molecule has 0 aliphatic heterocycles. The fourth-order valence-corrected chi connectivity index (χ4v) is 4.03. The van der Waals surface area contributed by atoms with Gasteiger partial charge in [0.2, 0.25) is 10.0 Å². The zero-order valence-corrected chi connectivity index (χ0v) is 13.8. The van der Waals surface area contributed by atoms with Gasteiger partial charge >= 0.3 is 0 Å². The molecular weight excluding hydrogens is 323 g/mol. The molecule has 5 nitrogen and oxygen atoms in total. The lowest BCUT2D eigenvalue weighted by Crippen LogP contribution is -2.42. The summed E-state index contributed by atoms with van der Waals surface area (Å²) in [5.74, 6) is 0. The molecule has 0 fully saturated rings. The summed E-state index contributed by atoms with van der Waals surface area (Å²) in [5, 5.41) is 9.90. The first kappa shape index (κ1) is 17.5. The molecule has 0 heterocycles. The number of likely N-dealkylation sites (N-methyl/N-ethyl adjacent to an activating group) is 1. The van der Waals surface area contributed by atoms with E-state index in [1.54, 1.807) is 6.92 Å². The Labute approximate surface area is 129 Å². The number of anilines is 1. The van der Waals surface area contributed by atoms with E-state index in [9.17, 15) is 13.5 Å². The predicted molar refractivity (Wildman–Crippen MR) is 81.6 cm³/mol. The summed E-state index contributed by atoms with van der Waals surface area (Å²) in [5.41, 5.74) is 4.51. The van der Waals surface area contributed by atoms with Crippen molar-refractivity contribution in [3.05, 3.63) is 22.2 Å². The van der Waals surface area contributed by atoms with Gasteiger partial charge in [-0.25, -0.2) is 8.42 Å². The van der Waals surface area contributed by atoms with Gasteiger partial charge in [0.25, 0.3) is 0 Å². The van der Waals surface area contributed by atoms with Crippen LogP contribution in [0.5, 0.6) is 0 Å². The highest BCUT2D eigenvalue weighted by Gasteiger charge is 2.30. The average Bonchev–Trinajstić information content (AvgIpc) is 2.31. The van der Waals surface area contributed by atoms with Gasteiger partial charge in [-0.15, -0.1) is 0 Å². The summed E-state index contributed by atoms with van der Waals surface area (Å²) in [7, 11) is -3.85. The highest BCUT2D eigenvalue weighted by molar-refractivity contribution is 7.89. The molecule has 114 valence electrons. The first-order chi connectivity index (χ1) is 9.00. The van der Waals surface area contributed by atoms with Gasteiger partial charge in [0.05, 0.1) is 21.3 Å². The molecule has 1 aromatic rings. The lowest BCUT2D eigenvalue weighted by Gasteiger charge is -2.27. The van der Waals surface area contributed by atoms with Gasteiger partial charge in [-0.1, -0.05) is 30.1 Å². The molecule has 0 aliphatic carbocycles. The SMILES string of the molecule is CCN(CC(C)(C)O)S(=O)(=O)c1ccc(Cl)c(N)c1Cl. The Bertz CT molecular complexity index is 597. The smallest absolute Gasteiger partial charge is 0.244 e. The summed E-state index contributed by atoms with van der Waals surface area (Å²) in [6, 6.07) is 2.69. The van der Waals surface area contributed by atoms with Crippen LogP contribution < -0.4 is 5.73 Å². The molecule has 3 N–H and O–H groups in total. The molecule has 20 heavy (non-hydrogen) atoms. The maximum absolute atomic E-state index is 12.6. The van der Waals surface area contributed by atoms with Gasteiger partial charge in [0.15, 0.2) is 0 Å². The van der Waals surface area contributed by atoms with Crippen molar-refractivity contribution in [2.24, 2.45) is 0 Å². The van der Waals surface area contributed by atoms with Crippen molar-refractivity contribution in [1.82, 2.24) is 4.31 Å². The first-order valence-corrected chi connectivity index (χ1v) is 8.16. The second-order valence-electron chi connectivity index (χ2n) is 5.02. The van der Waals surface area contributed by atoms with E-state index in [1.807, 2.05) is 0 Å². The molecule has 1 rings (SSSR count). The number of nitrogens with zero attached hydrogens (tertiary/aromatic N) is 1. The van der Waals surface area contributed by atoms with Crippen LogP contribution in [-0.2, 0) is 10.0 Å². The first-order valence-electron chi connectivity index (χ1n) is 5.96. The molecule has 0 saturated carbocycles. The van der Waals surface area contributed by atoms with Crippen molar-refractivity contribution in [2.75, 3.05) is 18.8 Å². The number of benzene rings is 1. The second-order valence-corrected chi connectivity index (χ2v) is 7.71. The minimum Gasteiger partial charge on any atom is -0.396 e. The highest BCUT2D eigenvalue weighted by atomic mass is 35.5. The van der Waals surface area contributed by atoms with Crippen LogP contribution in [0, 0.1) is 0 Å². The van der Waals surface area contributed by atoms with Crippen molar-refractivity contribution < 1.29 is 13.5 Å². The third kappa shape index (κ3) is 3.77. The number of nitrogen functional groups attached to an aromatic ring is 1. The highest BCUT2D eigenvalue weighted by Crippen LogP contribution is 2.34. The number of sulfonamides is 1. The third-order valence-corrected chi connectivity index (χ3v) is 5.44. The summed E-state index contributed by atoms with van der Waals surface area (Å²) < 4.78 is 26.3. The maximum atomic E-state index is 12.6. The predicted octanol–water partition coefficient (Wildman–Crippen LogP) is 2.36. The topological polar surface area (TPSA) is 83.6 Å². The zero-order valence-electron chi connectivity index (χ0n) is 11.5. The zero-order chi connectivity index (χ0) is 15.7. The second kappa shape index (κ2) is 6.07. The van der Waals surface area contributed by atoms with Crippen molar-refractivity contribution >= 4 is 38.9 Å². The van der Waals surface area contributed by atoms with Gasteiger partial charge in [0, 0.05) is 13.1 Å². The van der Waals surface area contributed by atoms with E-state index < -0.39 is 15.6 Å². The van der Waals surface area contributed by atoms with Crippen LogP contribution in [-0.4, -0.2) is 36.5 Å². The van der Waals surface area contributed by atoms with Crippen LogP contribution in [0.2, 0.25) is 10.0 Å². The summed E-state index contributed by atoms with van der Waals surface area (Å²) >= 11 is 11.8. The molecule has 0 amide bonds. The summed E-state index contributed by atoms with van der Waals surface area (Å²) in [4.78, 5) is -0.118. The molecule has 0 radical (unpaired) electrons. The van der Waals surface area contributed by atoms with Crippen LogP contribution in [0.25, 0.3) is 0 Å².